The lowest BCUT2D eigenvalue weighted by molar-refractivity contribution is 0.0966. The highest BCUT2D eigenvalue weighted by Gasteiger charge is 2.37. The first-order chi connectivity index (χ1) is 10.3. The van der Waals surface area contributed by atoms with E-state index in [0.29, 0.717) is 29.1 Å². The molecular weight excluding hydrogens is 268 g/mol. The Morgan fingerprint density at radius 2 is 2.14 bits per heavy atom. The molecule has 2 aromatic heterocycles. The summed E-state index contributed by atoms with van der Waals surface area (Å²) in [6.07, 6.45) is 9.22. The number of hydrogen-bond acceptors (Lipinski definition) is 7. The molecule has 21 heavy (non-hydrogen) atoms. The Balaban J connectivity index is 1.60. The minimum Gasteiger partial charge on any atom is -0.383 e. The molecule has 1 aliphatic carbocycles. The van der Waals surface area contributed by atoms with E-state index >= 15 is 0 Å². The summed E-state index contributed by atoms with van der Waals surface area (Å²) >= 11 is 0. The first-order valence-corrected chi connectivity index (χ1v) is 7.48. The first kappa shape index (κ1) is 12.7. The van der Waals surface area contributed by atoms with E-state index in [-0.39, 0.29) is 6.04 Å². The molecule has 0 unspecified atom stereocenters. The molecule has 0 spiro atoms. The Morgan fingerprint density at radius 3 is 2.90 bits per heavy atom. The molecule has 2 fully saturated rings. The summed E-state index contributed by atoms with van der Waals surface area (Å²) in [5.41, 5.74) is 6.46. The molecule has 7 nitrogen and oxygen atoms in total. The van der Waals surface area contributed by atoms with E-state index in [2.05, 4.69) is 25.0 Å². The zero-order valence-electron chi connectivity index (χ0n) is 11.8. The van der Waals surface area contributed by atoms with Crippen molar-refractivity contribution in [2.45, 2.75) is 44.2 Å². The van der Waals surface area contributed by atoms with Gasteiger partial charge < -0.3 is 10.3 Å². The zero-order valence-corrected chi connectivity index (χ0v) is 11.8. The minimum absolute atomic E-state index is 0.252. The molecule has 3 heterocycles. The summed E-state index contributed by atoms with van der Waals surface area (Å²) in [7, 11) is 0. The van der Waals surface area contributed by atoms with Gasteiger partial charge in [0.15, 0.2) is 0 Å². The van der Waals surface area contributed by atoms with Crippen LogP contribution in [-0.2, 0) is 0 Å². The van der Waals surface area contributed by atoms with Gasteiger partial charge in [0, 0.05) is 12.2 Å². The maximum atomic E-state index is 5.84. The van der Waals surface area contributed by atoms with Crippen molar-refractivity contribution in [2.24, 2.45) is 0 Å². The molecule has 0 amide bonds. The lowest BCUT2D eigenvalue weighted by atomic mass is 9.91. The fourth-order valence-electron chi connectivity index (χ4n) is 3.20. The summed E-state index contributed by atoms with van der Waals surface area (Å²) in [6.45, 7) is 1.13. The Morgan fingerprint density at radius 1 is 1.24 bits per heavy atom. The lowest BCUT2D eigenvalue weighted by Crippen LogP contribution is -2.39. The van der Waals surface area contributed by atoms with Gasteiger partial charge in [0.1, 0.15) is 12.1 Å². The molecule has 1 atom stereocenters. The molecule has 1 saturated carbocycles. The van der Waals surface area contributed by atoms with Crippen molar-refractivity contribution < 1.29 is 4.52 Å². The fourth-order valence-corrected chi connectivity index (χ4v) is 3.20. The highest BCUT2D eigenvalue weighted by molar-refractivity contribution is 5.66. The van der Waals surface area contributed by atoms with E-state index in [1.165, 1.54) is 32.0 Å². The van der Waals surface area contributed by atoms with E-state index in [9.17, 15) is 0 Å². The predicted molar refractivity (Wildman–Crippen MR) is 76.1 cm³/mol. The molecule has 2 N–H and O–H groups in total. The van der Waals surface area contributed by atoms with Crippen LogP contribution in [0.25, 0.3) is 11.4 Å². The molecule has 0 radical (unpaired) electrons. The lowest BCUT2D eigenvalue weighted by Gasteiger charge is -2.37. The topological polar surface area (TPSA) is 94.0 Å². The molecule has 2 aromatic rings. The van der Waals surface area contributed by atoms with Crippen LogP contribution in [-0.4, -0.2) is 37.6 Å². The SMILES string of the molecule is Nc1ncncc1-c1noc([C@H]2CCCN2C2CCC2)n1. The maximum absolute atomic E-state index is 5.84. The third-order valence-electron chi connectivity index (χ3n) is 4.55. The number of rotatable bonds is 3. The number of hydrogen-bond donors (Lipinski definition) is 1. The average Bonchev–Trinajstić information content (AvgIpc) is 3.06. The van der Waals surface area contributed by atoms with Gasteiger partial charge in [-0.25, -0.2) is 9.97 Å². The Hall–Kier alpha value is -2.02. The molecule has 0 bridgehead atoms. The number of anilines is 1. The van der Waals surface area contributed by atoms with Crippen LogP contribution in [0.1, 0.15) is 44.0 Å². The number of aromatic nitrogens is 4. The van der Waals surface area contributed by atoms with Crippen LogP contribution >= 0.6 is 0 Å². The molecular formula is C14H18N6O. The van der Waals surface area contributed by atoms with E-state index < -0.39 is 0 Å². The molecule has 1 saturated heterocycles. The molecule has 7 heteroatoms. The van der Waals surface area contributed by atoms with Crippen LogP contribution in [0.3, 0.4) is 0 Å². The third-order valence-corrected chi connectivity index (χ3v) is 4.55. The second-order valence-electron chi connectivity index (χ2n) is 5.76. The monoisotopic (exact) mass is 286 g/mol. The van der Waals surface area contributed by atoms with Gasteiger partial charge in [0.25, 0.3) is 0 Å². The highest BCUT2D eigenvalue weighted by atomic mass is 16.5. The van der Waals surface area contributed by atoms with Crippen molar-refractivity contribution in [3.63, 3.8) is 0 Å². The van der Waals surface area contributed by atoms with Crippen LogP contribution in [0.15, 0.2) is 17.0 Å². The van der Waals surface area contributed by atoms with Gasteiger partial charge in [0.2, 0.25) is 11.7 Å². The van der Waals surface area contributed by atoms with Crippen molar-refractivity contribution in [3.05, 3.63) is 18.4 Å². The molecule has 4 rings (SSSR count). The molecule has 1 aliphatic heterocycles. The third kappa shape index (κ3) is 2.17. The minimum atomic E-state index is 0.252. The van der Waals surface area contributed by atoms with Crippen LogP contribution in [0.5, 0.6) is 0 Å². The Kier molecular flexibility index (Phi) is 3.07. The molecule has 110 valence electrons. The van der Waals surface area contributed by atoms with Crippen LogP contribution < -0.4 is 5.73 Å². The zero-order chi connectivity index (χ0) is 14.2. The molecule has 2 aliphatic rings. The highest BCUT2D eigenvalue weighted by Crippen LogP contribution is 2.39. The smallest absolute Gasteiger partial charge is 0.244 e. The van der Waals surface area contributed by atoms with Crippen molar-refractivity contribution in [1.29, 1.82) is 0 Å². The van der Waals surface area contributed by atoms with Crippen molar-refractivity contribution in [3.8, 4) is 11.4 Å². The van der Waals surface area contributed by atoms with E-state index in [1.54, 1.807) is 6.20 Å². The van der Waals surface area contributed by atoms with E-state index in [1.807, 2.05) is 0 Å². The maximum Gasteiger partial charge on any atom is 0.244 e. The van der Waals surface area contributed by atoms with Crippen LogP contribution in [0.4, 0.5) is 5.82 Å². The fraction of sp³-hybridized carbons (Fsp3) is 0.571. The van der Waals surface area contributed by atoms with Crippen molar-refractivity contribution in [1.82, 2.24) is 25.0 Å². The first-order valence-electron chi connectivity index (χ1n) is 7.48. The predicted octanol–water partition coefficient (Wildman–Crippen LogP) is 1.80. The number of nitrogen functional groups attached to an aromatic ring is 1. The quantitative estimate of drug-likeness (QED) is 0.919. The Labute approximate surface area is 122 Å². The molecule has 0 aromatic carbocycles. The Bertz CT molecular complexity index is 638. The largest absolute Gasteiger partial charge is 0.383 e. The summed E-state index contributed by atoms with van der Waals surface area (Å²) in [5, 5.41) is 4.06. The van der Waals surface area contributed by atoms with E-state index in [4.69, 9.17) is 10.3 Å². The second-order valence-corrected chi connectivity index (χ2v) is 5.76. The summed E-state index contributed by atoms with van der Waals surface area (Å²) < 4.78 is 5.49. The van der Waals surface area contributed by atoms with Gasteiger partial charge in [0.05, 0.1) is 11.6 Å². The summed E-state index contributed by atoms with van der Waals surface area (Å²) in [4.78, 5) is 15.0. The van der Waals surface area contributed by atoms with E-state index in [0.717, 1.165) is 13.0 Å². The standard InChI is InChI=1S/C14H18N6O/c15-12-10(7-16-8-17-12)13-18-14(21-19-13)11-5-2-6-20(11)9-3-1-4-9/h7-9,11H,1-6H2,(H2,15,16,17)/t11-/m1/s1. The number of nitrogens with two attached hydrogens (primary N) is 1. The van der Waals surface area contributed by atoms with Crippen molar-refractivity contribution >= 4 is 5.82 Å². The number of nitrogens with zero attached hydrogens (tertiary/aromatic N) is 5. The second kappa shape index (κ2) is 5.07. The van der Waals surface area contributed by atoms with Crippen LogP contribution in [0, 0.1) is 0 Å². The van der Waals surface area contributed by atoms with Gasteiger partial charge in [-0.3, -0.25) is 4.90 Å². The number of likely N-dealkylation sites (tertiary alicyclic amines) is 1. The van der Waals surface area contributed by atoms with Crippen molar-refractivity contribution in [2.75, 3.05) is 12.3 Å². The van der Waals surface area contributed by atoms with Crippen LogP contribution in [0.2, 0.25) is 0 Å². The summed E-state index contributed by atoms with van der Waals surface area (Å²) in [6, 6.07) is 0.945. The van der Waals surface area contributed by atoms with Gasteiger partial charge in [-0.05, 0) is 32.2 Å². The van der Waals surface area contributed by atoms with Gasteiger partial charge in [-0.15, -0.1) is 0 Å². The van der Waals surface area contributed by atoms with Gasteiger partial charge in [-0.1, -0.05) is 11.6 Å². The average molecular weight is 286 g/mol. The van der Waals surface area contributed by atoms with Gasteiger partial charge >= 0.3 is 0 Å². The summed E-state index contributed by atoms with van der Waals surface area (Å²) in [5.74, 6) is 1.54. The normalized spacial score (nSPS) is 23.3. The van der Waals surface area contributed by atoms with Gasteiger partial charge in [-0.2, -0.15) is 4.98 Å².